The number of nitrogens with one attached hydrogen (secondary N) is 1. The predicted octanol–water partition coefficient (Wildman–Crippen LogP) is 5.53. The number of carbonyl (C=O) groups is 3. The van der Waals surface area contributed by atoms with Crippen LogP contribution in [0.25, 0.3) is 10.4 Å². The first kappa shape index (κ1) is 28.0. The zero-order chi connectivity index (χ0) is 28.6. The summed E-state index contributed by atoms with van der Waals surface area (Å²) in [5, 5.41) is 3.12. The van der Waals surface area contributed by atoms with E-state index in [4.69, 9.17) is 0 Å². The highest BCUT2D eigenvalue weighted by Crippen LogP contribution is 2.32. The molecule has 210 valence electrons. The van der Waals surface area contributed by atoms with Crippen molar-refractivity contribution in [2.45, 2.75) is 78.6 Å². The molecule has 2 unspecified atom stereocenters. The van der Waals surface area contributed by atoms with Crippen LogP contribution in [0, 0.1) is 12.8 Å². The molecule has 2 atom stereocenters. The number of hydrogen-bond donors (Lipinski definition) is 1. The second-order valence-electron chi connectivity index (χ2n) is 11.5. The summed E-state index contributed by atoms with van der Waals surface area (Å²) in [6.07, 6.45) is 1.39. The van der Waals surface area contributed by atoms with Gasteiger partial charge in [-0.05, 0) is 66.0 Å². The predicted molar refractivity (Wildman–Crippen MR) is 158 cm³/mol. The standard InChI is InChI=1S/C32H38N4O3S/c1-19(2)26-15-22(29-21(5)34-18-40-29)12-13-23(26)16-33-30(37)27-11-8-14-35(27)32(39)28(20(3)4)36-17-24-9-6-7-10-25(24)31(36)38/h6-7,9-10,12-13,15,18-20,27-28H,8,11,14,16-17H2,1-5H3,(H,33,37). The molecular formula is C32H38N4O3S. The molecule has 0 radical (unpaired) electrons. The lowest BCUT2D eigenvalue weighted by Crippen LogP contribution is -2.55. The molecule has 1 fully saturated rings. The minimum absolute atomic E-state index is 0.0793. The van der Waals surface area contributed by atoms with Crippen LogP contribution in [-0.4, -0.2) is 51.1 Å². The Morgan fingerprint density at radius 1 is 1.12 bits per heavy atom. The van der Waals surface area contributed by atoms with Crippen LogP contribution in [-0.2, 0) is 22.7 Å². The van der Waals surface area contributed by atoms with Crippen molar-refractivity contribution in [3.63, 3.8) is 0 Å². The van der Waals surface area contributed by atoms with Gasteiger partial charge in [0.25, 0.3) is 5.91 Å². The van der Waals surface area contributed by atoms with Crippen LogP contribution in [0.4, 0.5) is 0 Å². The highest BCUT2D eigenvalue weighted by atomic mass is 32.1. The summed E-state index contributed by atoms with van der Waals surface area (Å²) in [6, 6.07) is 12.8. The quantitative estimate of drug-likeness (QED) is 0.394. The van der Waals surface area contributed by atoms with E-state index in [-0.39, 0.29) is 23.6 Å². The number of likely N-dealkylation sites (tertiary alicyclic amines) is 1. The summed E-state index contributed by atoms with van der Waals surface area (Å²) >= 11 is 1.63. The number of hydrogen-bond acceptors (Lipinski definition) is 5. The van der Waals surface area contributed by atoms with E-state index >= 15 is 0 Å². The summed E-state index contributed by atoms with van der Waals surface area (Å²) in [7, 11) is 0. The van der Waals surface area contributed by atoms with Crippen molar-refractivity contribution < 1.29 is 14.4 Å². The van der Waals surface area contributed by atoms with Crippen molar-refractivity contribution >= 4 is 29.1 Å². The number of rotatable bonds is 8. The van der Waals surface area contributed by atoms with E-state index in [1.807, 2.05) is 50.5 Å². The monoisotopic (exact) mass is 558 g/mol. The van der Waals surface area contributed by atoms with E-state index in [0.717, 1.165) is 33.7 Å². The Bertz CT molecular complexity index is 1430. The molecule has 40 heavy (non-hydrogen) atoms. The van der Waals surface area contributed by atoms with Crippen molar-refractivity contribution in [2.75, 3.05) is 6.54 Å². The molecule has 0 aliphatic carbocycles. The summed E-state index contributed by atoms with van der Waals surface area (Å²) in [5.74, 6) is -0.175. The number of amides is 3. The minimum atomic E-state index is -0.608. The van der Waals surface area contributed by atoms with Gasteiger partial charge < -0.3 is 15.1 Å². The van der Waals surface area contributed by atoms with E-state index in [2.05, 4.69) is 42.3 Å². The van der Waals surface area contributed by atoms with Gasteiger partial charge in [-0.2, -0.15) is 0 Å². The van der Waals surface area contributed by atoms with Crippen LogP contribution < -0.4 is 5.32 Å². The highest BCUT2D eigenvalue weighted by Gasteiger charge is 2.43. The molecule has 3 heterocycles. The second kappa shape index (κ2) is 11.5. The van der Waals surface area contributed by atoms with Gasteiger partial charge in [-0.3, -0.25) is 14.4 Å². The van der Waals surface area contributed by atoms with Gasteiger partial charge in [0.1, 0.15) is 12.1 Å². The average molecular weight is 559 g/mol. The van der Waals surface area contributed by atoms with Crippen LogP contribution >= 0.6 is 11.3 Å². The summed E-state index contributed by atoms with van der Waals surface area (Å²) in [4.78, 5) is 49.6. The molecule has 2 aromatic carbocycles. The molecular weight excluding hydrogens is 520 g/mol. The number of nitrogens with zero attached hydrogens (tertiary/aromatic N) is 3. The third kappa shape index (κ3) is 5.29. The average Bonchev–Trinajstić information content (AvgIpc) is 3.67. The van der Waals surface area contributed by atoms with Gasteiger partial charge in [0.05, 0.1) is 16.1 Å². The Kier molecular flexibility index (Phi) is 8.08. The molecule has 5 rings (SSSR count). The first-order valence-corrected chi connectivity index (χ1v) is 15.1. The SMILES string of the molecule is Cc1ncsc1-c1ccc(CNC(=O)C2CCCN2C(=O)C(C(C)C)N2Cc3ccccc3C2=O)c(C(C)C)c1. The van der Waals surface area contributed by atoms with Crippen LogP contribution in [0.2, 0.25) is 0 Å². The maximum atomic E-state index is 13.9. The van der Waals surface area contributed by atoms with Gasteiger partial charge in [0, 0.05) is 25.2 Å². The molecule has 1 saturated heterocycles. The molecule has 3 amide bonds. The Hall–Kier alpha value is -3.52. The molecule has 0 bridgehead atoms. The van der Waals surface area contributed by atoms with Gasteiger partial charge in [-0.1, -0.05) is 58.0 Å². The zero-order valence-corrected chi connectivity index (χ0v) is 24.8. The van der Waals surface area contributed by atoms with Crippen LogP contribution in [0.1, 0.15) is 79.2 Å². The number of thiazole rings is 1. The van der Waals surface area contributed by atoms with Gasteiger partial charge >= 0.3 is 0 Å². The van der Waals surface area contributed by atoms with Crippen molar-refractivity contribution in [3.8, 4) is 10.4 Å². The second-order valence-corrected chi connectivity index (χ2v) is 12.4. The lowest BCUT2D eigenvalue weighted by molar-refractivity contribution is -0.143. The number of fused-ring (bicyclic) bond motifs is 1. The van der Waals surface area contributed by atoms with Crippen molar-refractivity contribution in [3.05, 3.63) is 75.9 Å². The number of carbonyl (C=O) groups excluding carboxylic acids is 3. The number of benzene rings is 2. The Labute approximate surface area is 240 Å². The van der Waals surface area contributed by atoms with E-state index in [1.165, 1.54) is 5.56 Å². The third-order valence-electron chi connectivity index (χ3n) is 8.14. The number of aromatic nitrogens is 1. The molecule has 1 N–H and O–H groups in total. The Balaban J connectivity index is 1.30. The topological polar surface area (TPSA) is 82.6 Å². The lowest BCUT2D eigenvalue weighted by atomic mass is 9.94. The number of aryl methyl sites for hydroxylation is 1. The molecule has 1 aromatic heterocycles. The molecule has 2 aliphatic rings. The van der Waals surface area contributed by atoms with Crippen LogP contribution in [0.5, 0.6) is 0 Å². The van der Waals surface area contributed by atoms with E-state index in [9.17, 15) is 14.4 Å². The first-order chi connectivity index (χ1) is 19.2. The van der Waals surface area contributed by atoms with Gasteiger partial charge in [-0.15, -0.1) is 11.3 Å². The minimum Gasteiger partial charge on any atom is -0.350 e. The molecule has 0 spiro atoms. The van der Waals surface area contributed by atoms with Crippen LogP contribution in [0.15, 0.2) is 48.0 Å². The summed E-state index contributed by atoms with van der Waals surface area (Å²) in [6.45, 7) is 11.6. The Morgan fingerprint density at radius 3 is 2.58 bits per heavy atom. The fourth-order valence-electron chi connectivity index (χ4n) is 6.07. The summed E-state index contributed by atoms with van der Waals surface area (Å²) in [5.41, 5.74) is 7.90. The molecule has 8 heteroatoms. The molecule has 3 aromatic rings. The largest absolute Gasteiger partial charge is 0.350 e. The smallest absolute Gasteiger partial charge is 0.255 e. The van der Waals surface area contributed by atoms with Gasteiger partial charge in [-0.25, -0.2) is 4.98 Å². The lowest BCUT2D eigenvalue weighted by Gasteiger charge is -2.35. The van der Waals surface area contributed by atoms with E-state index in [1.54, 1.807) is 21.1 Å². The third-order valence-corrected chi connectivity index (χ3v) is 9.11. The first-order valence-electron chi connectivity index (χ1n) is 14.2. The fraction of sp³-hybridized carbons (Fsp3) is 0.438. The highest BCUT2D eigenvalue weighted by molar-refractivity contribution is 7.13. The van der Waals surface area contributed by atoms with Crippen molar-refractivity contribution in [1.82, 2.24) is 20.1 Å². The van der Waals surface area contributed by atoms with Gasteiger partial charge in [0.15, 0.2) is 0 Å². The molecule has 0 saturated carbocycles. The Morgan fingerprint density at radius 2 is 1.90 bits per heavy atom. The van der Waals surface area contributed by atoms with Gasteiger partial charge in [0.2, 0.25) is 11.8 Å². The maximum Gasteiger partial charge on any atom is 0.255 e. The maximum absolute atomic E-state index is 13.9. The van der Waals surface area contributed by atoms with E-state index in [0.29, 0.717) is 37.5 Å². The zero-order valence-electron chi connectivity index (χ0n) is 23.9. The fourth-order valence-corrected chi connectivity index (χ4v) is 6.87. The summed E-state index contributed by atoms with van der Waals surface area (Å²) < 4.78 is 0. The van der Waals surface area contributed by atoms with Crippen molar-refractivity contribution in [1.29, 1.82) is 0 Å². The molecule has 2 aliphatic heterocycles. The normalized spacial score (nSPS) is 17.6. The van der Waals surface area contributed by atoms with E-state index < -0.39 is 12.1 Å². The van der Waals surface area contributed by atoms with Crippen molar-refractivity contribution in [2.24, 2.45) is 5.92 Å². The molecule has 7 nitrogen and oxygen atoms in total. The van der Waals surface area contributed by atoms with Crippen LogP contribution in [0.3, 0.4) is 0 Å².